The van der Waals surface area contributed by atoms with Gasteiger partial charge < -0.3 is 5.11 Å². The van der Waals surface area contributed by atoms with Gasteiger partial charge in [0.05, 0.1) is 6.42 Å². The van der Waals surface area contributed by atoms with Crippen molar-refractivity contribution in [3.8, 4) is 11.1 Å². The summed E-state index contributed by atoms with van der Waals surface area (Å²) in [5, 5.41) is 9.09. The van der Waals surface area contributed by atoms with Crippen LogP contribution >= 0.6 is 0 Å². The fraction of sp³-hybridized carbons (Fsp3) is 0.278. The lowest BCUT2D eigenvalue weighted by molar-refractivity contribution is -0.137. The van der Waals surface area contributed by atoms with Crippen LogP contribution in [-0.2, 0) is 4.79 Å². The van der Waals surface area contributed by atoms with Crippen molar-refractivity contribution in [1.29, 1.82) is 0 Å². The number of aliphatic carboxylic acids is 1. The van der Waals surface area contributed by atoms with E-state index in [1.807, 2.05) is 36.4 Å². The van der Waals surface area contributed by atoms with Gasteiger partial charge in [-0.15, -0.1) is 0 Å². The smallest absolute Gasteiger partial charge is 0.303 e. The van der Waals surface area contributed by atoms with Gasteiger partial charge in [0, 0.05) is 5.56 Å². The van der Waals surface area contributed by atoms with Crippen LogP contribution in [0.15, 0.2) is 48.5 Å². The van der Waals surface area contributed by atoms with Crippen molar-refractivity contribution >= 4 is 5.97 Å². The number of carboxylic acid groups (broad SMARTS) is 1. The zero-order chi connectivity index (χ0) is 14.8. The van der Waals surface area contributed by atoms with E-state index in [4.69, 9.17) is 5.11 Å². The molecule has 0 radical (unpaired) electrons. The summed E-state index contributed by atoms with van der Waals surface area (Å²) in [4.78, 5) is 11.1. The molecule has 108 valence electrons. The maximum atomic E-state index is 14.1. The van der Waals surface area contributed by atoms with Crippen molar-refractivity contribution in [2.45, 2.75) is 25.2 Å². The minimum atomic E-state index is -0.794. The highest BCUT2D eigenvalue weighted by Crippen LogP contribution is 2.45. The Balaban J connectivity index is 1.98. The highest BCUT2D eigenvalue weighted by Gasteiger charge is 2.34. The van der Waals surface area contributed by atoms with Crippen LogP contribution in [0.3, 0.4) is 0 Å². The zero-order valence-electron chi connectivity index (χ0n) is 11.6. The standard InChI is InChI=1S/C18H17FO2/c19-17-9-8-14(15(11-18(20)21)13-6-7-13)10-16(17)12-4-2-1-3-5-12/h1-5,8-10,13,15H,6-7,11H2,(H,20,21). The second-order valence-electron chi connectivity index (χ2n) is 5.65. The highest BCUT2D eigenvalue weighted by molar-refractivity contribution is 5.69. The fourth-order valence-corrected chi connectivity index (χ4v) is 2.86. The third-order valence-corrected chi connectivity index (χ3v) is 4.09. The maximum absolute atomic E-state index is 14.1. The number of hydrogen-bond donors (Lipinski definition) is 1. The Hall–Kier alpha value is -2.16. The number of benzene rings is 2. The molecular formula is C18H17FO2. The molecule has 3 heteroatoms. The Bertz CT molecular complexity index is 648. The molecule has 3 rings (SSSR count). The summed E-state index contributed by atoms with van der Waals surface area (Å²) in [5.41, 5.74) is 2.30. The molecule has 1 unspecified atom stereocenters. The van der Waals surface area contributed by atoms with Gasteiger partial charge in [0.1, 0.15) is 5.82 Å². The van der Waals surface area contributed by atoms with E-state index < -0.39 is 5.97 Å². The van der Waals surface area contributed by atoms with E-state index in [0.717, 1.165) is 24.0 Å². The molecule has 1 N–H and O–H groups in total. The van der Waals surface area contributed by atoms with Crippen LogP contribution in [0.4, 0.5) is 4.39 Å². The molecule has 1 fully saturated rings. The second kappa shape index (κ2) is 5.68. The topological polar surface area (TPSA) is 37.3 Å². The largest absolute Gasteiger partial charge is 0.481 e. The Morgan fingerprint density at radius 1 is 1.19 bits per heavy atom. The first-order chi connectivity index (χ1) is 10.1. The SMILES string of the molecule is O=C(O)CC(c1ccc(F)c(-c2ccccc2)c1)C1CC1. The lowest BCUT2D eigenvalue weighted by atomic mass is 9.89. The van der Waals surface area contributed by atoms with Crippen LogP contribution < -0.4 is 0 Å². The highest BCUT2D eigenvalue weighted by atomic mass is 19.1. The van der Waals surface area contributed by atoms with E-state index >= 15 is 0 Å². The minimum absolute atomic E-state index is 0.00874. The van der Waals surface area contributed by atoms with Crippen LogP contribution in [0.25, 0.3) is 11.1 Å². The number of halogens is 1. The van der Waals surface area contributed by atoms with Gasteiger partial charge in [-0.1, -0.05) is 36.4 Å². The Labute approximate surface area is 123 Å². The molecule has 21 heavy (non-hydrogen) atoms. The molecule has 0 amide bonds. The molecule has 0 heterocycles. The summed E-state index contributed by atoms with van der Waals surface area (Å²) < 4.78 is 14.1. The normalized spacial score (nSPS) is 15.7. The number of rotatable bonds is 5. The van der Waals surface area contributed by atoms with E-state index in [1.54, 1.807) is 6.07 Å². The summed E-state index contributed by atoms with van der Waals surface area (Å²) >= 11 is 0. The number of carbonyl (C=O) groups is 1. The monoisotopic (exact) mass is 284 g/mol. The molecule has 1 aliphatic rings. The van der Waals surface area contributed by atoms with E-state index in [2.05, 4.69) is 0 Å². The molecule has 1 saturated carbocycles. The summed E-state index contributed by atoms with van der Waals surface area (Å²) in [7, 11) is 0. The Kier molecular flexibility index (Phi) is 3.74. The van der Waals surface area contributed by atoms with Crippen LogP contribution in [0, 0.1) is 11.7 Å². The minimum Gasteiger partial charge on any atom is -0.481 e. The first-order valence-corrected chi connectivity index (χ1v) is 7.22. The predicted molar refractivity (Wildman–Crippen MR) is 79.6 cm³/mol. The summed E-state index contributed by atoms with van der Waals surface area (Å²) in [5.74, 6) is -0.645. The second-order valence-corrected chi connectivity index (χ2v) is 5.65. The van der Waals surface area contributed by atoms with Crippen LogP contribution in [0.5, 0.6) is 0 Å². The molecule has 0 bridgehead atoms. The van der Waals surface area contributed by atoms with Crippen molar-refractivity contribution in [3.05, 3.63) is 59.9 Å². The molecule has 0 aliphatic heterocycles. The molecule has 0 spiro atoms. The first kappa shape index (κ1) is 13.8. The van der Waals surface area contributed by atoms with Gasteiger partial charge in [0.25, 0.3) is 0 Å². The Morgan fingerprint density at radius 2 is 1.90 bits per heavy atom. The van der Waals surface area contributed by atoms with Gasteiger partial charge in [0.2, 0.25) is 0 Å². The molecule has 2 aromatic carbocycles. The van der Waals surface area contributed by atoms with Gasteiger partial charge in [-0.05, 0) is 47.9 Å². The maximum Gasteiger partial charge on any atom is 0.303 e. The molecule has 1 atom stereocenters. The molecular weight excluding hydrogens is 267 g/mol. The van der Waals surface area contributed by atoms with Crippen LogP contribution in [0.1, 0.15) is 30.7 Å². The zero-order valence-corrected chi connectivity index (χ0v) is 11.6. The predicted octanol–water partition coefficient (Wildman–Crippen LogP) is 4.46. The molecule has 2 aromatic rings. The van der Waals surface area contributed by atoms with Crippen LogP contribution in [0.2, 0.25) is 0 Å². The van der Waals surface area contributed by atoms with Gasteiger partial charge in [0.15, 0.2) is 0 Å². The van der Waals surface area contributed by atoms with Crippen molar-refractivity contribution < 1.29 is 14.3 Å². The lowest BCUT2D eigenvalue weighted by Crippen LogP contribution is -2.08. The van der Waals surface area contributed by atoms with E-state index in [0.29, 0.717) is 11.5 Å². The molecule has 0 saturated heterocycles. The molecule has 2 nitrogen and oxygen atoms in total. The van der Waals surface area contributed by atoms with Crippen molar-refractivity contribution in [3.63, 3.8) is 0 Å². The van der Waals surface area contributed by atoms with Crippen LogP contribution in [-0.4, -0.2) is 11.1 Å². The van der Waals surface area contributed by atoms with Gasteiger partial charge in [-0.3, -0.25) is 4.79 Å². The molecule has 1 aliphatic carbocycles. The summed E-state index contributed by atoms with van der Waals surface area (Å²) in [6.07, 6.45) is 2.25. The lowest BCUT2D eigenvalue weighted by Gasteiger charge is -2.16. The van der Waals surface area contributed by atoms with E-state index in [-0.39, 0.29) is 18.2 Å². The average molecular weight is 284 g/mol. The number of hydrogen-bond acceptors (Lipinski definition) is 1. The summed E-state index contributed by atoms with van der Waals surface area (Å²) in [6, 6.07) is 14.4. The first-order valence-electron chi connectivity index (χ1n) is 7.22. The molecule has 0 aromatic heterocycles. The van der Waals surface area contributed by atoms with Crippen molar-refractivity contribution in [2.75, 3.05) is 0 Å². The average Bonchev–Trinajstić information content (AvgIpc) is 3.31. The Morgan fingerprint density at radius 3 is 2.52 bits per heavy atom. The van der Waals surface area contributed by atoms with E-state index in [9.17, 15) is 9.18 Å². The van der Waals surface area contributed by atoms with Gasteiger partial charge >= 0.3 is 5.97 Å². The van der Waals surface area contributed by atoms with Gasteiger partial charge in [-0.25, -0.2) is 4.39 Å². The quantitative estimate of drug-likeness (QED) is 0.880. The van der Waals surface area contributed by atoms with Crippen molar-refractivity contribution in [1.82, 2.24) is 0 Å². The van der Waals surface area contributed by atoms with E-state index in [1.165, 1.54) is 6.07 Å². The third-order valence-electron chi connectivity index (χ3n) is 4.09. The number of carboxylic acids is 1. The third kappa shape index (κ3) is 3.13. The summed E-state index contributed by atoms with van der Waals surface area (Å²) in [6.45, 7) is 0. The van der Waals surface area contributed by atoms with Gasteiger partial charge in [-0.2, -0.15) is 0 Å². The fourth-order valence-electron chi connectivity index (χ4n) is 2.86. The van der Waals surface area contributed by atoms with Crippen molar-refractivity contribution in [2.24, 2.45) is 5.92 Å².